The van der Waals surface area contributed by atoms with Gasteiger partial charge in [-0.25, -0.2) is 4.79 Å². The van der Waals surface area contributed by atoms with Crippen LogP contribution >= 0.6 is 11.6 Å². The first-order valence-electron chi connectivity index (χ1n) is 6.22. The number of aryl methyl sites for hydroxylation is 1. The number of hydrogen-bond acceptors (Lipinski definition) is 3. The number of carboxylic acid groups (broad SMARTS) is 1. The quantitative estimate of drug-likeness (QED) is 0.941. The number of carbonyl (C=O) groups is 2. The molecule has 0 atom stereocenters. The second-order valence-electron chi connectivity index (χ2n) is 4.63. The number of aromatic carboxylic acids is 1. The fourth-order valence-electron chi connectivity index (χ4n) is 1.98. The molecule has 0 aliphatic heterocycles. The summed E-state index contributed by atoms with van der Waals surface area (Å²) in [6.45, 7) is 1.74. The van der Waals surface area contributed by atoms with Gasteiger partial charge in [0.15, 0.2) is 0 Å². The number of amides is 1. The van der Waals surface area contributed by atoms with E-state index in [1.54, 1.807) is 38.2 Å². The minimum atomic E-state index is -1.05. The standard InChI is InChI=1S/C15H14ClNO4/c1-9-12(15(19)20)7-10(21-9)8-17(2)14(18)11-5-3-4-6-13(11)16/h3-7H,8H2,1-2H3,(H,19,20). The van der Waals surface area contributed by atoms with Gasteiger partial charge in [0.25, 0.3) is 5.91 Å². The first-order valence-corrected chi connectivity index (χ1v) is 6.60. The van der Waals surface area contributed by atoms with Crippen LogP contribution in [0, 0.1) is 6.92 Å². The van der Waals surface area contributed by atoms with Crippen molar-refractivity contribution in [2.45, 2.75) is 13.5 Å². The summed E-state index contributed by atoms with van der Waals surface area (Å²) in [4.78, 5) is 24.7. The van der Waals surface area contributed by atoms with Gasteiger partial charge in [-0.15, -0.1) is 0 Å². The molecule has 0 saturated heterocycles. The molecule has 6 heteroatoms. The van der Waals surface area contributed by atoms with E-state index < -0.39 is 5.97 Å². The topological polar surface area (TPSA) is 70.8 Å². The summed E-state index contributed by atoms with van der Waals surface area (Å²) < 4.78 is 5.36. The number of benzene rings is 1. The number of carboxylic acids is 1. The van der Waals surface area contributed by atoms with Crippen molar-refractivity contribution in [3.8, 4) is 0 Å². The van der Waals surface area contributed by atoms with Crippen LogP contribution in [0.25, 0.3) is 0 Å². The lowest BCUT2D eigenvalue weighted by molar-refractivity contribution is 0.0694. The predicted octanol–water partition coefficient (Wildman–Crippen LogP) is 3.21. The Morgan fingerprint density at radius 3 is 2.52 bits per heavy atom. The molecule has 0 saturated carbocycles. The highest BCUT2D eigenvalue weighted by molar-refractivity contribution is 6.33. The Bertz CT molecular complexity index is 693. The zero-order valence-electron chi connectivity index (χ0n) is 11.6. The van der Waals surface area contributed by atoms with Crippen molar-refractivity contribution in [1.82, 2.24) is 4.90 Å². The van der Waals surface area contributed by atoms with Gasteiger partial charge >= 0.3 is 5.97 Å². The van der Waals surface area contributed by atoms with Gasteiger partial charge in [-0.2, -0.15) is 0 Å². The molecule has 0 bridgehead atoms. The molecule has 21 heavy (non-hydrogen) atoms. The average molecular weight is 308 g/mol. The summed E-state index contributed by atoms with van der Waals surface area (Å²) in [5.41, 5.74) is 0.493. The van der Waals surface area contributed by atoms with Crippen molar-refractivity contribution in [2.24, 2.45) is 0 Å². The van der Waals surface area contributed by atoms with Crippen LogP contribution in [0.5, 0.6) is 0 Å². The number of hydrogen-bond donors (Lipinski definition) is 1. The lowest BCUT2D eigenvalue weighted by Gasteiger charge is -2.16. The largest absolute Gasteiger partial charge is 0.478 e. The van der Waals surface area contributed by atoms with Crippen LogP contribution in [-0.2, 0) is 6.54 Å². The molecule has 0 unspecified atom stereocenters. The highest BCUT2D eigenvalue weighted by Crippen LogP contribution is 2.19. The Morgan fingerprint density at radius 1 is 1.29 bits per heavy atom. The van der Waals surface area contributed by atoms with Gasteiger partial charge in [-0.05, 0) is 25.1 Å². The summed E-state index contributed by atoms with van der Waals surface area (Å²) in [5, 5.41) is 9.35. The zero-order valence-corrected chi connectivity index (χ0v) is 12.3. The van der Waals surface area contributed by atoms with E-state index in [2.05, 4.69) is 0 Å². The van der Waals surface area contributed by atoms with Crippen LogP contribution < -0.4 is 0 Å². The molecule has 2 aromatic rings. The molecule has 1 aromatic carbocycles. The maximum Gasteiger partial charge on any atom is 0.339 e. The molecule has 1 aromatic heterocycles. The molecule has 0 aliphatic rings. The Balaban J connectivity index is 2.16. The SMILES string of the molecule is Cc1oc(CN(C)C(=O)c2ccccc2Cl)cc1C(=O)O. The smallest absolute Gasteiger partial charge is 0.339 e. The van der Waals surface area contributed by atoms with E-state index in [4.69, 9.17) is 21.1 Å². The van der Waals surface area contributed by atoms with E-state index in [1.807, 2.05) is 0 Å². The molecule has 5 nitrogen and oxygen atoms in total. The molecule has 0 spiro atoms. The number of furan rings is 1. The number of halogens is 1. The predicted molar refractivity (Wildman–Crippen MR) is 77.7 cm³/mol. The first-order chi connectivity index (χ1) is 9.90. The third-order valence-corrected chi connectivity index (χ3v) is 3.37. The highest BCUT2D eigenvalue weighted by atomic mass is 35.5. The van der Waals surface area contributed by atoms with Crippen LogP contribution in [0.15, 0.2) is 34.7 Å². The molecular weight excluding hydrogens is 294 g/mol. The lowest BCUT2D eigenvalue weighted by atomic mass is 10.2. The molecular formula is C15H14ClNO4. The van der Waals surface area contributed by atoms with Gasteiger partial charge in [-0.1, -0.05) is 23.7 Å². The van der Waals surface area contributed by atoms with Crippen molar-refractivity contribution in [2.75, 3.05) is 7.05 Å². The fourth-order valence-corrected chi connectivity index (χ4v) is 2.20. The molecule has 2 rings (SSSR count). The van der Waals surface area contributed by atoms with Crippen molar-refractivity contribution in [3.63, 3.8) is 0 Å². The van der Waals surface area contributed by atoms with Crippen molar-refractivity contribution in [3.05, 3.63) is 58.0 Å². The highest BCUT2D eigenvalue weighted by Gasteiger charge is 2.19. The first kappa shape index (κ1) is 15.1. The maximum absolute atomic E-state index is 12.3. The molecule has 0 radical (unpaired) electrons. The minimum Gasteiger partial charge on any atom is -0.478 e. The van der Waals surface area contributed by atoms with Crippen molar-refractivity contribution < 1.29 is 19.1 Å². The third-order valence-electron chi connectivity index (χ3n) is 3.04. The maximum atomic E-state index is 12.3. The van der Waals surface area contributed by atoms with Crippen LogP contribution in [-0.4, -0.2) is 28.9 Å². The normalized spacial score (nSPS) is 10.4. The Labute approximate surface area is 126 Å². The molecule has 0 fully saturated rings. The lowest BCUT2D eigenvalue weighted by Crippen LogP contribution is -2.26. The van der Waals surface area contributed by atoms with Gasteiger partial charge in [0.05, 0.1) is 17.1 Å². The molecule has 1 heterocycles. The fraction of sp³-hybridized carbons (Fsp3) is 0.200. The second kappa shape index (κ2) is 6.01. The zero-order chi connectivity index (χ0) is 15.6. The van der Waals surface area contributed by atoms with Gasteiger partial charge < -0.3 is 14.4 Å². The van der Waals surface area contributed by atoms with E-state index in [0.29, 0.717) is 22.1 Å². The number of rotatable bonds is 4. The average Bonchev–Trinajstić information content (AvgIpc) is 2.79. The Hall–Kier alpha value is -2.27. The summed E-state index contributed by atoms with van der Waals surface area (Å²) >= 11 is 5.99. The van der Waals surface area contributed by atoms with E-state index in [1.165, 1.54) is 11.0 Å². The molecule has 0 aliphatic carbocycles. The van der Waals surface area contributed by atoms with Crippen molar-refractivity contribution >= 4 is 23.5 Å². The molecule has 1 N–H and O–H groups in total. The third kappa shape index (κ3) is 3.25. The summed E-state index contributed by atoms with van der Waals surface area (Å²) in [5.74, 6) is -0.585. The van der Waals surface area contributed by atoms with Gasteiger partial charge in [-0.3, -0.25) is 4.79 Å². The summed E-state index contributed by atoms with van der Waals surface area (Å²) in [7, 11) is 1.60. The molecule has 110 valence electrons. The molecule has 1 amide bonds. The van der Waals surface area contributed by atoms with Crippen LogP contribution in [0.1, 0.15) is 32.2 Å². The minimum absolute atomic E-state index is 0.101. The van der Waals surface area contributed by atoms with Gasteiger partial charge in [0.1, 0.15) is 17.1 Å². The van der Waals surface area contributed by atoms with E-state index >= 15 is 0 Å². The van der Waals surface area contributed by atoms with E-state index in [9.17, 15) is 9.59 Å². The van der Waals surface area contributed by atoms with Crippen LogP contribution in [0.4, 0.5) is 0 Å². The Morgan fingerprint density at radius 2 is 1.95 bits per heavy atom. The summed E-state index contributed by atoms with van der Waals surface area (Å²) in [6, 6.07) is 8.17. The van der Waals surface area contributed by atoms with Crippen LogP contribution in [0.3, 0.4) is 0 Å². The van der Waals surface area contributed by atoms with Crippen LogP contribution in [0.2, 0.25) is 5.02 Å². The van der Waals surface area contributed by atoms with Gasteiger partial charge in [0.2, 0.25) is 0 Å². The monoisotopic (exact) mass is 307 g/mol. The van der Waals surface area contributed by atoms with Crippen molar-refractivity contribution in [1.29, 1.82) is 0 Å². The van der Waals surface area contributed by atoms with Gasteiger partial charge in [0, 0.05) is 7.05 Å². The summed E-state index contributed by atoms with van der Waals surface area (Å²) in [6.07, 6.45) is 0. The second-order valence-corrected chi connectivity index (χ2v) is 5.04. The Kier molecular flexibility index (Phi) is 4.33. The van der Waals surface area contributed by atoms with E-state index in [-0.39, 0.29) is 18.0 Å². The van der Waals surface area contributed by atoms with E-state index in [0.717, 1.165) is 0 Å². The number of carbonyl (C=O) groups excluding carboxylic acids is 1. The number of nitrogens with zero attached hydrogens (tertiary/aromatic N) is 1.